The fourth-order valence-electron chi connectivity index (χ4n) is 3.95. The molecule has 0 aromatic heterocycles. The van der Waals surface area contributed by atoms with Gasteiger partial charge in [-0.1, -0.05) is 18.0 Å². The molecule has 0 atom stereocenters. The van der Waals surface area contributed by atoms with Crippen molar-refractivity contribution in [3.05, 3.63) is 62.7 Å². The van der Waals surface area contributed by atoms with Crippen molar-refractivity contribution in [1.82, 2.24) is 4.31 Å². The number of rotatable bonds is 4. The number of nitro groups is 1. The molecular weight excluding hydrogens is 430 g/mol. The van der Waals surface area contributed by atoms with E-state index in [0.717, 1.165) is 30.9 Å². The first-order chi connectivity index (χ1) is 14.3. The van der Waals surface area contributed by atoms with Gasteiger partial charge in [-0.3, -0.25) is 14.9 Å². The molecule has 1 fully saturated rings. The first-order valence-electron chi connectivity index (χ1n) is 9.68. The summed E-state index contributed by atoms with van der Waals surface area (Å²) in [6.45, 7) is 1.43. The van der Waals surface area contributed by atoms with Crippen molar-refractivity contribution in [2.75, 3.05) is 24.5 Å². The molecule has 8 nitrogen and oxygen atoms in total. The standard InChI is InChI=1S/C20H20ClN3O5S/c21-17-6-4-15(13-19(17)24(26)27)20(25)23-11-8-14-12-16(5-7-18(14)23)30(28,29)22-9-2-1-3-10-22/h4-7,12-13H,1-3,8-11H2. The zero-order chi connectivity index (χ0) is 21.5. The van der Waals surface area contributed by atoms with Crippen LogP contribution in [0.5, 0.6) is 0 Å². The Bertz CT molecular complexity index is 1130. The maximum atomic E-state index is 13.0. The number of anilines is 1. The van der Waals surface area contributed by atoms with E-state index in [4.69, 9.17) is 11.6 Å². The number of piperidine rings is 1. The Morgan fingerprint density at radius 2 is 1.77 bits per heavy atom. The molecule has 0 aliphatic carbocycles. The van der Waals surface area contributed by atoms with Crippen LogP contribution in [0.1, 0.15) is 35.2 Å². The molecule has 0 N–H and O–H groups in total. The molecule has 2 heterocycles. The molecule has 0 unspecified atom stereocenters. The summed E-state index contributed by atoms with van der Waals surface area (Å²) in [5.41, 5.74) is 1.22. The Morgan fingerprint density at radius 1 is 1.03 bits per heavy atom. The van der Waals surface area contributed by atoms with E-state index in [-0.39, 0.29) is 27.1 Å². The zero-order valence-electron chi connectivity index (χ0n) is 16.1. The van der Waals surface area contributed by atoms with Crippen LogP contribution in [0.2, 0.25) is 5.02 Å². The van der Waals surface area contributed by atoms with E-state index in [1.54, 1.807) is 12.1 Å². The third kappa shape index (κ3) is 3.68. The van der Waals surface area contributed by atoms with E-state index in [1.165, 1.54) is 27.4 Å². The van der Waals surface area contributed by atoms with E-state index < -0.39 is 14.9 Å². The molecule has 0 radical (unpaired) electrons. The van der Waals surface area contributed by atoms with Gasteiger partial charge < -0.3 is 4.90 Å². The van der Waals surface area contributed by atoms with E-state index in [2.05, 4.69) is 0 Å². The van der Waals surface area contributed by atoms with Gasteiger partial charge in [-0.15, -0.1) is 0 Å². The van der Waals surface area contributed by atoms with Gasteiger partial charge in [0.05, 0.1) is 9.82 Å². The number of nitro benzene ring substituents is 1. The number of benzene rings is 2. The summed E-state index contributed by atoms with van der Waals surface area (Å²) in [7, 11) is -3.55. The third-order valence-corrected chi connectivity index (χ3v) is 7.75. The van der Waals surface area contributed by atoms with Crippen LogP contribution in [0.4, 0.5) is 11.4 Å². The van der Waals surface area contributed by atoms with Crippen LogP contribution < -0.4 is 4.90 Å². The molecule has 30 heavy (non-hydrogen) atoms. The normalized spacial score (nSPS) is 17.0. The molecule has 2 aliphatic heterocycles. The lowest BCUT2D eigenvalue weighted by Gasteiger charge is -2.26. The highest BCUT2D eigenvalue weighted by atomic mass is 35.5. The molecule has 2 aromatic carbocycles. The van der Waals surface area contributed by atoms with Crippen molar-refractivity contribution in [3.8, 4) is 0 Å². The summed E-state index contributed by atoms with van der Waals surface area (Å²) in [6, 6.07) is 8.75. The molecule has 0 spiro atoms. The molecule has 0 saturated carbocycles. The second kappa shape index (κ2) is 7.98. The first-order valence-corrected chi connectivity index (χ1v) is 11.5. The summed E-state index contributed by atoms with van der Waals surface area (Å²) in [5.74, 6) is -0.389. The first kappa shape index (κ1) is 20.8. The maximum Gasteiger partial charge on any atom is 0.288 e. The van der Waals surface area contributed by atoms with E-state index >= 15 is 0 Å². The van der Waals surface area contributed by atoms with Gasteiger partial charge in [0.2, 0.25) is 10.0 Å². The minimum absolute atomic E-state index is 0.0362. The maximum absolute atomic E-state index is 13.0. The number of sulfonamides is 1. The average Bonchev–Trinajstić information content (AvgIpc) is 3.17. The van der Waals surface area contributed by atoms with Gasteiger partial charge >= 0.3 is 0 Å². The van der Waals surface area contributed by atoms with Gasteiger partial charge in [0.1, 0.15) is 5.02 Å². The summed E-state index contributed by atoms with van der Waals surface area (Å²) in [5, 5.41) is 11.1. The number of halogens is 1. The molecule has 1 saturated heterocycles. The highest BCUT2D eigenvalue weighted by Gasteiger charge is 2.31. The molecule has 2 aliphatic rings. The van der Waals surface area contributed by atoms with Crippen molar-refractivity contribution < 1.29 is 18.1 Å². The van der Waals surface area contributed by atoms with Crippen LogP contribution in [0.25, 0.3) is 0 Å². The van der Waals surface area contributed by atoms with Crippen LogP contribution in [0.15, 0.2) is 41.3 Å². The molecule has 158 valence electrons. The second-order valence-electron chi connectivity index (χ2n) is 7.39. The minimum Gasteiger partial charge on any atom is -0.308 e. The Kier molecular flexibility index (Phi) is 5.52. The van der Waals surface area contributed by atoms with Crippen LogP contribution in [-0.4, -0.2) is 43.2 Å². The van der Waals surface area contributed by atoms with Crippen LogP contribution in [0.3, 0.4) is 0 Å². The lowest BCUT2D eigenvalue weighted by Crippen LogP contribution is -2.35. The monoisotopic (exact) mass is 449 g/mol. The number of hydrogen-bond donors (Lipinski definition) is 0. The summed E-state index contributed by atoms with van der Waals surface area (Å²) < 4.78 is 27.4. The van der Waals surface area contributed by atoms with Crippen molar-refractivity contribution in [3.63, 3.8) is 0 Å². The zero-order valence-corrected chi connectivity index (χ0v) is 17.7. The van der Waals surface area contributed by atoms with Crippen LogP contribution in [0, 0.1) is 10.1 Å². The van der Waals surface area contributed by atoms with E-state index in [9.17, 15) is 23.3 Å². The van der Waals surface area contributed by atoms with Gasteiger partial charge in [0.25, 0.3) is 11.6 Å². The van der Waals surface area contributed by atoms with Crippen molar-refractivity contribution >= 4 is 38.9 Å². The van der Waals surface area contributed by atoms with Gasteiger partial charge in [-0.2, -0.15) is 4.31 Å². The number of carbonyl (C=O) groups is 1. The average molecular weight is 450 g/mol. The van der Waals surface area contributed by atoms with E-state index in [0.29, 0.717) is 31.7 Å². The fourth-order valence-corrected chi connectivity index (χ4v) is 5.70. The number of nitrogens with zero attached hydrogens (tertiary/aromatic N) is 3. The lowest BCUT2D eigenvalue weighted by atomic mass is 10.1. The van der Waals surface area contributed by atoms with Gasteiger partial charge in [0.15, 0.2) is 0 Å². The van der Waals surface area contributed by atoms with Gasteiger partial charge in [-0.05, 0) is 55.2 Å². The fraction of sp³-hybridized carbons (Fsp3) is 0.350. The van der Waals surface area contributed by atoms with Crippen molar-refractivity contribution in [2.24, 2.45) is 0 Å². The highest BCUT2D eigenvalue weighted by molar-refractivity contribution is 7.89. The summed E-state index contributed by atoms with van der Waals surface area (Å²) >= 11 is 5.83. The SMILES string of the molecule is O=C(c1ccc(Cl)c([N+](=O)[O-])c1)N1CCc2cc(S(=O)(=O)N3CCCCC3)ccc21. The largest absolute Gasteiger partial charge is 0.308 e. The predicted octanol–water partition coefficient (Wildman–Crippen LogP) is 3.63. The molecule has 4 rings (SSSR count). The molecule has 10 heteroatoms. The van der Waals surface area contributed by atoms with E-state index in [1.807, 2.05) is 0 Å². The Balaban J connectivity index is 1.62. The van der Waals surface area contributed by atoms with Gasteiger partial charge in [0, 0.05) is 37.0 Å². The second-order valence-corrected chi connectivity index (χ2v) is 9.73. The lowest BCUT2D eigenvalue weighted by molar-refractivity contribution is -0.384. The number of hydrogen-bond acceptors (Lipinski definition) is 5. The van der Waals surface area contributed by atoms with Crippen molar-refractivity contribution in [2.45, 2.75) is 30.6 Å². The quantitative estimate of drug-likeness (QED) is 0.524. The predicted molar refractivity (Wildman–Crippen MR) is 113 cm³/mol. The minimum atomic E-state index is -3.55. The topological polar surface area (TPSA) is 101 Å². The Morgan fingerprint density at radius 3 is 2.47 bits per heavy atom. The molecule has 0 bridgehead atoms. The van der Waals surface area contributed by atoms with Crippen LogP contribution >= 0.6 is 11.6 Å². The number of amides is 1. The number of fused-ring (bicyclic) bond motifs is 1. The highest BCUT2D eigenvalue weighted by Crippen LogP contribution is 2.34. The van der Waals surface area contributed by atoms with Crippen molar-refractivity contribution in [1.29, 1.82) is 0 Å². The smallest absolute Gasteiger partial charge is 0.288 e. The Hall–Kier alpha value is -2.49. The third-order valence-electron chi connectivity index (χ3n) is 5.53. The Labute approximate surface area is 179 Å². The molecule has 1 amide bonds. The van der Waals surface area contributed by atoms with Gasteiger partial charge in [-0.25, -0.2) is 8.42 Å². The van der Waals surface area contributed by atoms with Crippen LogP contribution in [-0.2, 0) is 16.4 Å². The molecular formula is C20H20ClN3O5S. The summed E-state index contributed by atoms with van der Waals surface area (Å²) in [4.78, 5) is 25.2. The summed E-state index contributed by atoms with van der Waals surface area (Å²) in [6.07, 6.45) is 3.27. The number of carbonyl (C=O) groups excluding carboxylic acids is 1. The molecule has 2 aromatic rings.